The van der Waals surface area contributed by atoms with Crippen molar-refractivity contribution in [1.82, 2.24) is 23.8 Å². The number of imidazole rings is 1. The van der Waals surface area contributed by atoms with Gasteiger partial charge in [-0.1, -0.05) is 0 Å². The van der Waals surface area contributed by atoms with E-state index in [0.29, 0.717) is 49.0 Å². The van der Waals surface area contributed by atoms with Crippen molar-refractivity contribution < 1.29 is 21.9 Å². The van der Waals surface area contributed by atoms with Crippen LogP contribution in [0, 0.1) is 18.6 Å². The average Bonchev–Trinajstić information content (AvgIpc) is 3.25. The summed E-state index contributed by atoms with van der Waals surface area (Å²) < 4.78 is 63.2. The summed E-state index contributed by atoms with van der Waals surface area (Å²) in [6.07, 6.45) is 2.27. The third-order valence-corrected chi connectivity index (χ3v) is 8.60. The molecule has 2 aliphatic heterocycles. The molecule has 2 aromatic carbocycles. The molecule has 2 aliphatic rings. The van der Waals surface area contributed by atoms with Crippen molar-refractivity contribution in [2.45, 2.75) is 32.9 Å². The minimum Gasteiger partial charge on any atom is -0.489 e. The summed E-state index contributed by atoms with van der Waals surface area (Å²) in [5.74, 6) is 0.224. The zero-order chi connectivity index (χ0) is 28.3. The van der Waals surface area contributed by atoms with Gasteiger partial charge in [-0.05, 0) is 45.0 Å². The van der Waals surface area contributed by atoms with E-state index < -0.39 is 21.7 Å². The number of aromatic nitrogens is 4. The Bertz CT molecular complexity index is 1740. The molecule has 0 radical (unpaired) electrons. The molecule has 40 heavy (non-hydrogen) atoms. The summed E-state index contributed by atoms with van der Waals surface area (Å²) in [4.78, 5) is 15.0. The van der Waals surface area contributed by atoms with Crippen molar-refractivity contribution in [2.75, 3.05) is 42.7 Å². The van der Waals surface area contributed by atoms with E-state index in [9.17, 15) is 12.8 Å². The van der Waals surface area contributed by atoms with Crippen molar-refractivity contribution >= 4 is 38.4 Å². The second-order valence-corrected chi connectivity index (χ2v) is 12.4. The van der Waals surface area contributed by atoms with Crippen molar-refractivity contribution in [3.8, 4) is 17.0 Å². The number of benzene rings is 2. The van der Waals surface area contributed by atoms with Gasteiger partial charge in [-0.25, -0.2) is 32.2 Å². The first-order chi connectivity index (χ1) is 19.0. The highest BCUT2D eigenvalue weighted by Gasteiger charge is 2.35. The van der Waals surface area contributed by atoms with Crippen LogP contribution >= 0.6 is 0 Å². The summed E-state index contributed by atoms with van der Waals surface area (Å²) >= 11 is 0. The van der Waals surface area contributed by atoms with E-state index in [1.54, 1.807) is 12.1 Å². The van der Waals surface area contributed by atoms with E-state index in [0.717, 1.165) is 11.9 Å². The SMILES string of the molecule is Cc1nc2c(F)cc(-c3nc(Nc4ccc5c(c4)OCC4CN(S(C)(=O)=O)CCN54)ncc3F)cc2n1C(C)C. The van der Waals surface area contributed by atoms with Gasteiger partial charge in [0.25, 0.3) is 0 Å². The van der Waals surface area contributed by atoms with E-state index >= 15 is 4.39 Å². The maximum atomic E-state index is 15.0. The van der Waals surface area contributed by atoms with Gasteiger partial charge < -0.3 is 19.5 Å². The Morgan fingerprint density at radius 1 is 1.10 bits per heavy atom. The minimum atomic E-state index is -3.26. The second kappa shape index (κ2) is 9.66. The normalized spacial score (nSPS) is 17.6. The number of piperazine rings is 1. The molecule has 4 heterocycles. The lowest BCUT2D eigenvalue weighted by atomic mass is 10.1. The zero-order valence-corrected chi connectivity index (χ0v) is 23.3. The van der Waals surface area contributed by atoms with Crippen LogP contribution in [0.2, 0.25) is 0 Å². The molecule has 0 saturated carbocycles. The van der Waals surface area contributed by atoms with E-state index in [1.165, 1.54) is 16.6 Å². The number of aryl methyl sites for hydroxylation is 1. The van der Waals surface area contributed by atoms with E-state index in [2.05, 4.69) is 25.2 Å². The molecule has 0 aliphatic carbocycles. The quantitative estimate of drug-likeness (QED) is 0.381. The topological polar surface area (TPSA) is 105 Å². The van der Waals surface area contributed by atoms with Crippen LogP contribution in [-0.4, -0.2) is 70.8 Å². The minimum absolute atomic E-state index is 0.0340. The van der Waals surface area contributed by atoms with Gasteiger partial charge in [0.15, 0.2) is 11.6 Å². The molecule has 210 valence electrons. The van der Waals surface area contributed by atoms with Gasteiger partial charge in [-0.3, -0.25) is 0 Å². The van der Waals surface area contributed by atoms with Gasteiger partial charge in [-0.2, -0.15) is 4.31 Å². The van der Waals surface area contributed by atoms with Crippen molar-refractivity contribution in [2.24, 2.45) is 0 Å². The van der Waals surface area contributed by atoms with Gasteiger partial charge in [0.1, 0.15) is 29.4 Å². The summed E-state index contributed by atoms with van der Waals surface area (Å²) in [6.45, 7) is 7.44. The Hall–Kier alpha value is -3.84. The second-order valence-electron chi connectivity index (χ2n) is 10.4. The maximum absolute atomic E-state index is 15.0. The number of nitrogens with one attached hydrogen (secondary N) is 1. The molecule has 4 aromatic rings. The number of hydrogen-bond donors (Lipinski definition) is 1. The Morgan fingerprint density at radius 3 is 2.65 bits per heavy atom. The highest BCUT2D eigenvalue weighted by atomic mass is 32.2. The number of nitrogens with zero attached hydrogens (tertiary/aromatic N) is 6. The first-order valence-electron chi connectivity index (χ1n) is 13.0. The van der Waals surface area contributed by atoms with Crippen molar-refractivity contribution in [3.63, 3.8) is 0 Å². The van der Waals surface area contributed by atoms with Crippen LogP contribution in [0.25, 0.3) is 22.3 Å². The number of anilines is 3. The molecule has 6 rings (SSSR count). The largest absolute Gasteiger partial charge is 0.489 e. The molecule has 1 atom stereocenters. The molecule has 0 spiro atoms. The van der Waals surface area contributed by atoms with Crippen molar-refractivity contribution in [3.05, 3.63) is 54.0 Å². The number of sulfonamides is 1. The molecule has 13 heteroatoms. The van der Waals surface area contributed by atoms with E-state index in [4.69, 9.17) is 4.74 Å². The Labute approximate surface area is 230 Å². The molecule has 2 aromatic heterocycles. The lowest BCUT2D eigenvalue weighted by Gasteiger charge is -2.44. The van der Waals surface area contributed by atoms with Crippen molar-refractivity contribution in [1.29, 1.82) is 0 Å². The molecule has 0 amide bonds. The summed E-state index contributed by atoms with van der Waals surface area (Å²) in [5, 5.41) is 3.09. The molecule has 0 bridgehead atoms. The van der Waals surface area contributed by atoms with E-state index in [1.807, 2.05) is 37.5 Å². The summed E-state index contributed by atoms with van der Waals surface area (Å²) in [5.41, 5.74) is 2.54. The van der Waals surface area contributed by atoms with Crippen LogP contribution < -0.4 is 15.0 Å². The smallest absolute Gasteiger partial charge is 0.227 e. The third-order valence-electron chi connectivity index (χ3n) is 7.33. The van der Waals surface area contributed by atoms with Gasteiger partial charge in [-0.15, -0.1) is 0 Å². The standard InChI is InChI=1S/C27H29F2N7O3S/c1-15(2)36-16(3)31-26-20(28)9-17(10-23(26)36)25-21(29)12-30-27(33-25)32-18-5-6-22-24(11-18)39-14-19-13-34(40(4,37)38)7-8-35(19)22/h5-6,9-12,15,19H,7-8,13-14H2,1-4H3,(H,30,32,33). The van der Waals surface area contributed by atoms with Crippen LogP contribution in [0.15, 0.2) is 36.5 Å². The lowest BCUT2D eigenvalue weighted by molar-refractivity contribution is 0.216. The number of ether oxygens (including phenoxy) is 1. The fourth-order valence-electron chi connectivity index (χ4n) is 5.53. The monoisotopic (exact) mass is 569 g/mol. The number of fused-ring (bicyclic) bond motifs is 4. The van der Waals surface area contributed by atoms with Gasteiger partial charge in [0, 0.05) is 43.0 Å². The molecule has 10 nitrogen and oxygen atoms in total. The van der Waals surface area contributed by atoms with Gasteiger partial charge >= 0.3 is 0 Å². The maximum Gasteiger partial charge on any atom is 0.227 e. The van der Waals surface area contributed by atoms with Crippen LogP contribution in [-0.2, 0) is 10.0 Å². The highest BCUT2D eigenvalue weighted by molar-refractivity contribution is 7.88. The van der Waals surface area contributed by atoms with Crippen LogP contribution in [0.4, 0.5) is 26.1 Å². The van der Waals surface area contributed by atoms with Crippen LogP contribution in [0.1, 0.15) is 25.7 Å². The predicted molar refractivity (Wildman–Crippen MR) is 149 cm³/mol. The Morgan fingerprint density at radius 2 is 1.90 bits per heavy atom. The fraction of sp³-hybridized carbons (Fsp3) is 0.370. The first-order valence-corrected chi connectivity index (χ1v) is 14.8. The zero-order valence-electron chi connectivity index (χ0n) is 22.5. The van der Waals surface area contributed by atoms with Crippen LogP contribution in [0.5, 0.6) is 5.75 Å². The van der Waals surface area contributed by atoms with E-state index in [-0.39, 0.29) is 34.8 Å². The molecular formula is C27H29F2N7O3S. The fourth-order valence-corrected chi connectivity index (χ4v) is 6.39. The third kappa shape index (κ3) is 4.62. The Balaban J connectivity index is 1.28. The summed E-state index contributed by atoms with van der Waals surface area (Å²) in [6, 6.07) is 8.42. The average molecular weight is 570 g/mol. The summed E-state index contributed by atoms with van der Waals surface area (Å²) in [7, 11) is -3.26. The highest BCUT2D eigenvalue weighted by Crippen LogP contribution is 2.38. The number of hydrogen-bond acceptors (Lipinski definition) is 8. The first kappa shape index (κ1) is 26.4. The van der Waals surface area contributed by atoms with Gasteiger partial charge in [0.05, 0.1) is 29.7 Å². The molecular weight excluding hydrogens is 540 g/mol. The van der Waals surface area contributed by atoms with Gasteiger partial charge in [0.2, 0.25) is 16.0 Å². The molecule has 1 unspecified atom stereocenters. The molecule has 1 saturated heterocycles. The Kier molecular flexibility index (Phi) is 6.37. The molecule has 1 N–H and O–H groups in total. The predicted octanol–water partition coefficient (Wildman–Crippen LogP) is 4.25. The number of rotatable bonds is 5. The van der Waals surface area contributed by atoms with Crippen LogP contribution in [0.3, 0.4) is 0 Å². The lowest BCUT2D eigenvalue weighted by Crippen LogP contribution is -2.58. The number of halogens is 2. The molecule has 1 fully saturated rings.